The fourth-order valence-electron chi connectivity index (χ4n) is 1.59. The number of aromatic hydroxyl groups is 1. The topological polar surface area (TPSA) is 58.6 Å². The number of carbonyl (C=O) groups is 1. The molecule has 0 aliphatic carbocycles. The summed E-state index contributed by atoms with van der Waals surface area (Å²) < 4.78 is 18.7. The van der Waals surface area contributed by atoms with E-state index in [1.165, 1.54) is 12.1 Å². The van der Waals surface area contributed by atoms with Crippen molar-refractivity contribution in [3.8, 4) is 5.75 Å². The number of hydrogen-bond acceptors (Lipinski definition) is 4. The molecule has 106 valence electrons. The van der Waals surface area contributed by atoms with E-state index in [0.29, 0.717) is 5.56 Å². The zero-order valence-electron chi connectivity index (χ0n) is 11.7. The lowest BCUT2D eigenvalue weighted by Gasteiger charge is -2.21. The van der Waals surface area contributed by atoms with Crippen molar-refractivity contribution in [3.63, 3.8) is 0 Å². The van der Waals surface area contributed by atoms with Crippen molar-refractivity contribution in [2.24, 2.45) is 0 Å². The van der Waals surface area contributed by atoms with Crippen LogP contribution in [0.1, 0.15) is 39.3 Å². The first-order chi connectivity index (χ1) is 8.69. The van der Waals surface area contributed by atoms with Crippen molar-refractivity contribution in [2.45, 2.75) is 39.3 Å². The summed E-state index contributed by atoms with van der Waals surface area (Å²) in [5, 5.41) is 12.0. The van der Waals surface area contributed by atoms with Crippen LogP contribution >= 0.6 is 0 Å². The predicted octanol–water partition coefficient (Wildman–Crippen LogP) is 2.52. The number of hydrogen-bond donors (Lipinski definition) is 2. The van der Waals surface area contributed by atoms with Gasteiger partial charge in [-0.05, 0) is 33.8 Å². The van der Waals surface area contributed by atoms with Crippen LogP contribution < -0.4 is 5.32 Å². The van der Waals surface area contributed by atoms with Crippen LogP contribution in [0.5, 0.6) is 5.75 Å². The molecule has 1 unspecified atom stereocenters. The first kappa shape index (κ1) is 15.4. The molecule has 0 aliphatic heterocycles. The Bertz CT molecular complexity index is 454. The van der Waals surface area contributed by atoms with E-state index in [0.717, 1.165) is 6.07 Å². The van der Waals surface area contributed by atoms with Gasteiger partial charge >= 0.3 is 5.97 Å². The minimum atomic E-state index is -0.536. The van der Waals surface area contributed by atoms with Gasteiger partial charge in [0.2, 0.25) is 0 Å². The molecule has 0 saturated heterocycles. The molecule has 0 bridgehead atoms. The van der Waals surface area contributed by atoms with E-state index in [2.05, 4.69) is 5.32 Å². The van der Waals surface area contributed by atoms with E-state index < -0.39 is 17.4 Å². The smallest absolute Gasteiger partial charge is 0.320 e. The summed E-state index contributed by atoms with van der Waals surface area (Å²) in [5.74, 6) is -1.02. The van der Waals surface area contributed by atoms with Gasteiger partial charge < -0.3 is 15.2 Å². The summed E-state index contributed by atoms with van der Waals surface area (Å²) in [4.78, 5) is 11.5. The molecule has 0 saturated carbocycles. The van der Waals surface area contributed by atoms with E-state index in [4.69, 9.17) is 9.84 Å². The maximum absolute atomic E-state index is 13.6. The number of halogens is 1. The second-order valence-electron chi connectivity index (χ2n) is 5.39. The number of phenols is 1. The Hall–Kier alpha value is -1.62. The fraction of sp³-hybridized carbons (Fsp3) is 0.500. The van der Waals surface area contributed by atoms with E-state index in [-0.39, 0.29) is 18.3 Å². The highest BCUT2D eigenvalue weighted by Crippen LogP contribution is 2.20. The van der Waals surface area contributed by atoms with Gasteiger partial charge in [0.25, 0.3) is 0 Å². The van der Waals surface area contributed by atoms with Gasteiger partial charge in [-0.3, -0.25) is 4.79 Å². The summed E-state index contributed by atoms with van der Waals surface area (Å²) in [6.45, 7) is 7.09. The monoisotopic (exact) mass is 269 g/mol. The number of ether oxygens (including phenoxy) is 1. The van der Waals surface area contributed by atoms with E-state index in [9.17, 15) is 9.18 Å². The standard InChI is InChI=1S/C14H20FNO3/c1-9(11-6-5-10(17)7-12(11)15)16-8-13(18)19-14(2,3)4/h5-7,9,16-17H,8H2,1-4H3. The van der Waals surface area contributed by atoms with Gasteiger partial charge in [0, 0.05) is 17.7 Å². The Morgan fingerprint density at radius 3 is 2.63 bits per heavy atom. The number of esters is 1. The van der Waals surface area contributed by atoms with Crippen LogP contribution in [0, 0.1) is 5.82 Å². The quantitative estimate of drug-likeness (QED) is 0.825. The first-order valence-electron chi connectivity index (χ1n) is 6.12. The maximum Gasteiger partial charge on any atom is 0.320 e. The predicted molar refractivity (Wildman–Crippen MR) is 70.3 cm³/mol. The molecule has 0 aliphatic rings. The number of nitrogens with one attached hydrogen (secondary N) is 1. The molecule has 1 aromatic rings. The van der Waals surface area contributed by atoms with E-state index in [1.807, 2.05) is 0 Å². The normalized spacial score (nSPS) is 13.1. The number of carbonyl (C=O) groups excluding carboxylic acids is 1. The molecule has 0 spiro atoms. The minimum absolute atomic E-state index is 0.00124. The summed E-state index contributed by atoms with van der Waals surface area (Å²) in [6, 6.07) is 3.58. The Morgan fingerprint density at radius 2 is 2.11 bits per heavy atom. The van der Waals surface area contributed by atoms with Crippen LogP contribution in [0.3, 0.4) is 0 Å². The zero-order chi connectivity index (χ0) is 14.6. The van der Waals surface area contributed by atoms with Gasteiger partial charge in [0.05, 0.1) is 6.54 Å². The third-order valence-electron chi connectivity index (χ3n) is 2.42. The largest absolute Gasteiger partial charge is 0.508 e. The lowest BCUT2D eigenvalue weighted by molar-refractivity contribution is -0.153. The SMILES string of the molecule is CC(NCC(=O)OC(C)(C)C)c1ccc(O)cc1F. The second kappa shape index (κ2) is 6.02. The number of phenolic OH excluding ortho intramolecular Hbond substituents is 1. The Balaban J connectivity index is 2.56. The van der Waals surface area contributed by atoms with E-state index >= 15 is 0 Å². The van der Waals surface area contributed by atoms with Crippen LogP contribution in [0.4, 0.5) is 4.39 Å². The maximum atomic E-state index is 13.6. The molecule has 1 atom stereocenters. The number of benzene rings is 1. The second-order valence-corrected chi connectivity index (χ2v) is 5.39. The Morgan fingerprint density at radius 1 is 1.47 bits per heavy atom. The summed E-state index contributed by atoms with van der Waals surface area (Å²) in [7, 11) is 0. The van der Waals surface area contributed by atoms with Gasteiger partial charge in [-0.1, -0.05) is 6.07 Å². The number of rotatable bonds is 4. The zero-order valence-corrected chi connectivity index (χ0v) is 11.7. The Labute approximate surface area is 112 Å². The summed E-state index contributed by atoms with van der Waals surface area (Å²) in [6.07, 6.45) is 0. The van der Waals surface area contributed by atoms with Crippen molar-refractivity contribution in [1.29, 1.82) is 0 Å². The van der Waals surface area contributed by atoms with Gasteiger partial charge in [0.15, 0.2) is 0 Å². The minimum Gasteiger partial charge on any atom is -0.508 e. The van der Waals surface area contributed by atoms with Crippen LogP contribution in [0.2, 0.25) is 0 Å². The third-order valence-corrected chi connectivity index (χ3v) is 2.42. The van der Waals surface area contributed by atoms with Crippen LogP contribution in [0.15, 0.2) is 18.2 Å². The summed E-state index contributed by atoms with van der Waals surface area (Å²) in [5.41, 5.74) is -0.146. The first-order valence-corrected chi connectivity index (χ1v) is 6.12. The molecule has 1 rings (SSSR count). The molecule has 5 heteroatoms. The van der Waals surface area contributed by atoms with Crippen LogP contribution in [0.25, 0.3) is 0 Å². The van der Waals surface area contributed by atoms with E-state index in [1.54, 1.807) is 27.7 Å². The lowest BCUT2D eigenvalue weighted by atomic mass is 10.1. The van der Waals surface area contributed by atoms with Crippen LogP contribution in [-0.4, -0.2) is 23.2 Å². The molecule has 0 radical (unpaired) electrons. The van der Waals surface area contributed by atoms with Gasteiger partial charge in [-0.2, -0.15) is 0 Å². The van der Waals surface area contributed by atoms with Crippen molar-refractivity contribution < 1.29 is 19.0 Å². The molecule has 2 N–H and O–H groups in total. The van der Waals surface area contributed by atoms with Crippen molar-refractivity contribution in [1.82, 2.24) is 5.32 Å². The van der Waals surface area contributed by atoms with Gasteiger partial charge in [-0.15, -0.1) is 0 Å². The van der Waals surface area contributed by atoms with Crippen molar-refractivity contribution >= 4 is 5.97 Å². The molecule has 0 aromatic heterocycles. The molecule has 4 nitrogen and oxygen atoms in total. The molecule has 0 heterocycles. The van der Waals surface area contributed by atoms with Crippen molar-refractivity contribution in [2.75, 3.05) is 6.54 Å². The molecular formula is C14H20FNO3. The Kier molecular flexibility index (Phi) is 4.89. The molecule has 19 heavy (non-hydrogen) atoms. The highest BCUT2D eigenvalue weighted by atomic mass is 19.1. The molecule has 1 aromatic carbocycles. The van der Waals surface area contributed by atoms with Gasteiger partial charge in [-0.25, -0.2) is 4.39 Å². The third kappa shape index (κ3) is 5.26. The fourth-order valence-corrected chi connectivity index (χ4v) is 1.59. The average molecular weight is 269 g/mol. The molecular weight excluding hydrogens is 249 g/mol. The molecule has 0 fully saturated rings. The highest BCUT2D eigenvalue weighted by Gasteiger charge is 2.17. The van der Waals surface area contributed by atoms with Crippen LogP contribution in [-0.2, 0) is 9.53 Å². The van der Waals surface area contributed by atoms with Gasteiger partial charge in [0.1, 0.15) is 17.2 Å². The highest BCUT2D eigenvalue weighted by molar-refractivity contribution is 5.72. The summed E-state index contributed by atoms with van der Waals surface area (Å²) >= 11 is 0. The average Bonchev–Trinajstić information content (AvgIpc) is 2.23. The molecule has 0 amide bonds. The van der Waals surface area contributed by atoms with Crippen molar-refractivity contribution in [3.05, 3.63) is 29.6 Å². The lowest BCUT2D eigenvalue weighted by Crippen LogP contribution is -2.32.